The lowest BCUT2D eigenvalue weighted by molar-refractivity contribution is -0.113. The minimum atomic E-state index is -0.130. The van der Waals surface area contributed by atoms with Crippen LogP contribution in [0.25, 0.3) is 10.2 Å². The van der Waals surface area contributed by atoms with Crippen LogP contribution in [0, 0.1) is 0 Å². The zero-order chi connectivity index (χ0) is 20.1. The quantitative estimate of drug-likeness (QED) is 0.335. The first-order valence-corrected chi connectivity index (χ1v) is 11.0. The van der Waals surface area contributed by atoms with Crippen LogP contribution in [-0.4, -0.2) is 21.2 Å². The summed E-state index contributed by atoms with van der Waals surface area (Å²) in [4.78, 5) is 31.7. The number of rotatable bonds is 8. The molecule has 0 aliphatic carbocycles. The van der Waals surface area contributed by atoms with E-state index < -0.39 is 0 Å². The Morgan fingerprint density at radius 3 is 2.68 bits per heavy atom. The zero-order valence-corrected chi connectivity index (χ0v) is 17.7. The predicted octanol–water partition coefficient (Wildman–Crippen LogP) is 4.50. The molecule has 3 rings (SSSR count). The first-order valence-electron chi connectivity index (χ1n) is 9.21. The van der Waals surface area contributed by atoms with Crippen LogP contribution in [0.2, 0.25) is 0 Å². The van der Waals surface area contributed by atoms with Gasteiger partial charge in [-0.2, -0.15) is 0 Å². The van der Waals surface area contributed by atoms with Crippen molar-refractivity contribution in [1.29, 1.82) is 0 Å². The van der Waals surface area contributed by atoms with Crippen molar-refractivity contribution in [3.05, 3.63) is 63.8 Å². The van der Waals surface area contributed by atoms with E-state index in [0.29, 0.717) is 17.1 Å². The molecule has 0 aliphatic rings. The Balaban J connectivity index is 1.78. The molecular weight excluding hydrogens is 390 g/mol. The minimum absolute atomic E-state index is 0.0843. The van der Waals surface area contributed by atoms with Crippen LogP contribution in [0.4, 0.5) is 5.69 Å². The van der Waals surface area contributed by atoms with Gasteiger partial charge in [-0.1, -0.05) is 43.8 Å². The maximum Gasteiger partial charge on any atom is 0.263 e. The zero-order valence-electron chi connectivity index (χ0n) is 16.0. The molecule has 0 saturated carbocycles. The second kappa shape index (κ2) is 9.21. The van der Waals surface area contributed by atoms with Crippen molar-refractivity contribution in [3.63, 3.8) is 0 Å². The lowest BCUT2D eigenvalue weighted by Gasteiger charge is -2.10. The van der Waals surface area contributed by atoms with Crippen LogP contribution >= 0.6 is 23.1 Å². The summed E-state index contributed by atoms with van der Waals surface area (Å²) in [5.41, 5.74) is 1.90. The van der Waals surface area contributed by atoms with Crippen LogP contribution in [-0.2, 0) is 24.2 Å². The number of hydrogen-bond acceptors (Lipinski definition) is 5. The number of thioether (sulfide) groups is 1. The number of nitrogens with zero attached hydrogens (tertiary/aromatic N) is 2. The fourth-order valence-electron chi connectivity index (χ4n) is 2.77. The van der Waals surface area contributed by atoms with E-state index in [-0.39, 0.29) is 17.2 Å². The monoisotopic (exact) mass is 413 g/mol. The van der Waals surface area contributed by atoms with Crippen LogP contribution in [0.3, 0.4) is 0 Å². The van der Waals surface area contributed by atoms with Crippen molar-refractivity contribution in [1.82, 2.24) is 9.55 Å². The van der Waals surface area contributed by atoms with Gasteiger partial charge in [0.2, 0.25) is 5.91 Å². The molecule has 0 radical (unpaired) electrons. The smallest absolute Gasteiger partial charge is 0.263 e. The summed E-state index contributed by atoms with van der Waals surface area (Å²) < 4.78 is 1.58. The average molecular weight is 414 g/mol. The Bertz CT molecular complexity index is 1050. The van der Waals surface area contributed by atoms with Gasteiger partial charge < -0.3 is 5.32 Å². The summed E-state index contributed by atoms with van der Waals surface area (Å²) in [6.45, 7) is 8.24. The number of hydrogen-bond donors (Lipinski definition) is 1. The molecule has 2 heterocycles. The average Bonchev–Trinajstić information content (AvgIpc) is 3.13. The van der Waals surface area contributed by atoms with Crippen molar-refractivity contribution in [2.75, 3.05) is 11.1 Å². The number of aryl methyl sites for hydroxylation is 2. The van der Waals surface area contributed by atoms with Gasteiger partial charge in [0, 0.05) is 17.1 Å². The number of carbonyl (C=O) groups is 1. The molecular formula is C21H23N3O2S2. The van der Waals surface area contributed by atoms with E-state index in [1.807, 2.05) is 30.3 Å². The molecule has 5 nitrogen and oxygen atoms in total. The normalized spacial score (nSPS) is 10.9. The first-order chi connectivity index (χ1) is 13.5. The highest BCUT2D eigenvalue weighted by Gasteiger charge is 2.15. The largest absolute Gasteiger partial charge is 0.325 e. The Morgan fingerprint density at radius 1 is 1.29 bits per heavy atom. The molecule has 0 spiro atoms. The molecule has 0 bridgehead atoms. The second-order valence-corrected chi connectivity index (χ2v) is 8.33. The lowest BCUT2D eigenvalue weighted by Crippen LogP contribution is -2.23. The van der Waals surface area contributed by atoms with Gasteiger partial charge in [0.15, 0.2) is 5.16 Å². The fraction of sp³-hybridized carbons (Fsp3) is 0.286. The molecule has 0 unspecified atom stereocenters. The van der Waals surface area contributed by atoms with E-state index in [1.54, 1.807) is 10.6 Å². The Hall–Kier alpha value is -2.38. The van der Waals surface area contributed by atoms with E-state index >= 15 is 0 Å². The van der Waals surface area contributed by atoms with Crippen molar-refractivity contribution in [2.45, 2.75) is 38.4 Å². The standard InChI is InChI=1S/C21H23N3O2S2/c1-4-11-24-20(26)17-12-16(6-3)28-19(17)23-21(24)27-13-18(25)22-15-9-7-14(5-2)8-10-15/h4,7-10,12H,1,5-6,11,13H2,2-3H3,(H,22,25). The predicted molar refractivity (Wildman–Crippen MR) is 119 cm³/mol. The van der Waals surface area contributed by atoms with Gasteiger partial charge in [0.1, 0.15) is 4.83 Å². The van der Waals surface area contributed by atoms with Crippen LogP contribution in [0.1, 0.15) is 24.3 Å². The van der Waals surface area contributed by atoms with Gasteiger partial charge in [-0.25, -0.2) is 4.98 Å². The summed E-state index contributed by atoms with van der Waals surface area (Å²) in [5, 5.41) is 4.06. The summed E-state index contributed by atoms with van der Waals surface area (Å²) >= 11 is 2.80. The molecule has 146 valence electrons. The molecule has 1 aromatic carbocycles. The highest BCUT2D eigenvalue weighted by Crippen LogP contribution is 2.25. The fourth-order valence-corrected chi connectivity index (χ4v) is 4.59. The molecule has 2 aromatic heterocycles. The third kappa shape index (κ3) is 4.54. The SMILES string of the molecule is C=CCn1c(SCC(=O)Nc2ccc(CC)cc2)nc2sc(CC)cc2c1=O. The van der Waals surface area contributed by atoms with Gasteiger partial charge >= 0.3 is 0 Å². The Morgan fingerprint density at radius 2 is 2.04 bits per heavy atom. The lowest BCUT2D eigenvalue weighted by atomic mass is 10.1. The second-order valence-electron chi connectivity index (χ2n) is 6.27. The highest BCUT2D eigenvalue weighted by atomic mass is 32.2. The molecule has 7 heteroatoms. The molecule has 1 N–H and O–H groups in total. The Kier molecular flexibility index (Phi) is 6.70. The van der Waals surface area contributed by atoms with Crippen LogP contribution in [0.5, 0.6) is 0 Å². The van der Waals surface area contributed by atoms with Crippen molar-refractivity contribution in [2.24, 2.45) is 0 Å². The molecule has 3 aromatic rings. The van der Waals surface area contributed by atoms with E-state index in [1.165, 1.54) is 28.7 Å². The third-order valence-electron chi connectivity index (χ3n) is 4.31. The molecule has 28 heavy (non-hydrogen) atoms. The third-order valence-corrected chi connectivity index (χ3v) is 6.46. The van der Waals surface area contributed by atoms with Crippen LogP contribution in [0.15, 0.2) is 52.9 Å². The van der Waals surface area contributed by atoms with E-state index in [9.17, 15) is 9.59 Å². The number of aromatic nitrogens is 2. The number of nitrogens with one attached hydrogen (secondary N) is 1. The highest BCUT2D eigenvalue weighted by molar-refractivity contribution is 7.99. The maximum absolute atomic E-state index is 12.8. The van der Waals surface area contributed by atoms with Crippen LogP contribution < -0.4 is 10.9 Å². The summed E-state index contributed by atoms with van der Waals surface area (Å²) in [6, 6.07) is 9.72. The number of fused-ring (bicyclic) bond motifs is 1. The number of carbonyl (C=O) groups excluding carboxylic acids is 1. The van der Waals surface area contributed by atoms with Gasteiger partial charge in [-0.3, -0.25) is 14.2 Å². The van der Waals surface area contributed by atoms with Crippen molar-refractivity contribution in [3.8, 4) is 0 Å². The van der Waals surface area contributed by atoms with Crippen molar-refractivity contribution >= 4 is 44.9 Å². The van der Waals surface area contributed by atoms with E-state index in [4.69, 9.17) is 0 Å². The van der Waals surface area contributed by atoms with Gasteiger partial charge in [0.25, 0.3) is 5.56 Å². The number of amides is 1. The molecule has 1 amide bonds. The summed E-state index contributed by atoms with van der Waals surface area (Å²) in [6.07, 6.45) is 3.49. The van der Waals surface area contributed by atoms with E-state index in [2.05, 4.69) is 30.7 Å². The van der Waals surface area contributed by atoms with Crippen molar-refractivity contribution < 1.29 is 4.79 Å². The minimum Gasteiger partial charge on any atom is -0.325 e. The Labute approximate surface area is 172 Å². The summed E-state index contributed by atoms with van der Waals surface area (Å²) in [7, 11) is 0. The van der Waals surface area contributed by atoms with Gasteiger partial charge in [-0.15, -0.1) is 17.9 Å². The van der Waals surface area contributed by atoms with E-state index in [0.717, 1.165) is 28.2 Å². The molecule has 0 saturated heterocycles. The number of allylic oxidation sites excluding steroid dienone is 1. The first kappa shape index (κ1) is 20.4. The molecule has 0 aliphatic heterocycles. The number of benzene rings is 1. The number of anilines is 1. The van der Waals surface area contributed by atoms with Gasteiger partial charge in [-0.05, 0) is 36.6 Å². The molecule has 0 atom stereocenters. The number of thiophene rings is 1. The summed E-state index contributed by atoms with van der Waals surface area (Å²) in [5.74, 6) is 0.0468. The topological polar surface area (TPSA) is 64.0 Å². The van der Waals surface area contributed by atoms with Gasteiger partial charge in [0.05, 0.1) is 11.1 Å². The molecule has 0 fully saturated rings. The maximum atomic E-state index is 12.8.